The van der Waals surface area contributed by atoms with E-state index in [4.69, 9.17) is 14.3 Å². The van der Waals surface area contributed by atoms with Gasteiger partial charge in [0.25, 0.3) is 0 Å². The Morgan fingerprint density at radius 1 is 1.05 bits per heavy atom. The number of rotatable bonds is 8. The Morgan fingerprint density at radius 2 is 1.81 bits per heavy atom. The molecule has 6 rings (SSSR count). The van der Waals surface area contributed by atoms with Gasteiger partial charge in [0.1, 0.15) is 29.7 Å². The average molecular weight is 583 g/mol. The van der Waals surface area contributed by atoms with E-state index in [-0.39, 0.29) is 36.5 Å². The molecular formula is C32H27FN4O4S. The zero-order chi connectivity index (χ0) is 29.1. The first-order valence-corrected chi connectivity index (χ1v) is 14.4. The summed E-state index contributed by atoms with van der Waals surface area (Å²) in [5.74, 6) is 0.660. The molecule has 8 nitrogen and oxygen atoms in total. The van der Waals surface area contributed by atoms with Crippen molar-refractivity contribution >= 4 is 29.4 Å². The molecule has 212 valence electrons. The van der Waals surface area contributed by atoms with Gasteiger partial charge in [-0.3, -0.25) is 14.5 Å². The smallest absolute Gasteiger partial charge is 0.240 e. The standard InChI is InChI=1S/C32H27FN4O4S/c1-40-23-15-13-22(14-16-23)37-32-29(30(35-37)21-8-3-2-4-9-21)31(25-11-5-6-12-26(25)33)42-20-28(39)36(32)19-27(38)34-18-24-10-7-17-41-24/h2-17,31H,18-20H2,1H3,(H,34,38)/t31-/m1/s1. The zero-order valence-electron chi connectivity index (χ0n) is 22.7. The number of halogens is 1. The first-order valence-electron chi connectivity index (χ1n) is 13.3. The van der Waals surface area contributed by atoms with Crippen molar-refractivity contribution in [2.45, 2.75) is 11.8 Å². The lowest BCUT2D eigenvalue weighted by atomic mass is 9.99. The molecule has 0 fully saturated rings. The third kappa shape index (κ3) is 5.40. The van der Waals surface area contributed by atoms with Crippen LogP contribution in [0.4, 0.5) is 10.2 Å². The van der Waals surface area contributed by atoms with Crippen molar-refractivity contribution in [3.63, 3.8) is 0 Å². The Morgan fingerprint density at radius 3 is 2.52 bits per heavy atom. The summed E-state index contributed by atoms with van der Waals surface area (Å²) in [7, 11) is 1.58. The molecule has 10 heteroatoms. The van der Waals surface area contributed by atoms with E-state index in [1.165, 1.54) is 29.0 Å². The maximum atomic E-state index is 15.4. The summed E-state index contributed by atoms with van der Waals surface area (Å²) in [4.78, 5) is 28.5. The largest absolute Gasteiger partial charge is 0.497 e. The van der Waals surface area contributed by atoms with Gasteiger partial charge in [0, 0.05) is 16.7 Å². The Hall–Kier alpha value is -4.83. The molecule has 1 aliphatic heterocycles. The maximum Gasteiger partial charge on any atom is 0.240 e. The van der Waals surface area contributed by atoms with E-state index in [0.29, 0.717) is 39.8 Å². The number of amides is 2. The molecule has 1 atom stereocenters. The van der Waals surface area contributed by atoms with Crippen molar-refractivity contribution in [3.05, 3.63) is 120 Å². The number of carbonyl (C=O) groups is 2. The van der Waals surface area contributed by atoms with Crippen LogP contribution in [0.2, 0.25) is 0 Å². The van der Waals surface area contributed by atoms with Crippen molar-refractivity contribution in [2.75, 3.05) is 24.3 Å². The lowest BCUT2D eigenvalue weighted by molar-refractivity contribution is -0.123. The van der Waals surface area contributed by atoms with Crippen LogP contribution in [0.5, 0.6) is 5.75 Å². The van der Waals surface area contributed by atoms with Gasteiger partial charge < -0.3 is 14.5 Å². The minimum Gasteiger partial charge on any atom is -0.497 e. The lowest BCUT2D eigenvalue weighted by Crippen LogP contribution is -2.42. The van der Waals surface area contributed by atoms with Gasteiger partial charge in [-0.25, -0.2) is 9.07 Å². The van der Waals surface area contributed by atoms with Crippen molar-refractivity contribution in [2.24, 2.45) is 0 Å². The summed E-state index contributed by atoms with van der Waals surface area (Å²) in [6.45, 7) is -0.0759. The number of furan rings is 1. The zero-order valence-corrected chi connectivity index (χ0v) is 23.5. The summed E-state index contributed by atoms with van der Waals surface area (Å²) in [6, 6.07) is 26.9. The number of nitrogens with one attached hydrogen (secondary N) is 1. The van der Waals surface area contributed by atoms with Gasteiger partial charge in [-0.05, 0) is 42.5 Å². The molecule has 3 heterocycles. The molecule has 1 aliphatic rings. The number of aromatic nitrogens is 2. The molecule has 0 bridgehead atoms. The number of anilines is 1. The normalized spacial score (nSPS) is 14.8. The Balaban J connectivity index is 1.54. The molecule has 0 aliphatic carbocycles. The second-order valence-electron chi connectivity index (χ2n) is 9.61. The van der Waals surface area contributed by atoms with Crippen LogP contribution in [0.3, 0.4) is 0 Å². The number of carbonyl (C=O) groups excluding carboxylic acids is 2. The van der Waals surface area contributed by atoms with Crippen LogP contribution in [0.15, 0.2) is 102 Å². The molecule has 0 spiro atoms. The van der Waals surface area contributed by atoms with E-state index in [1.54, 1.807) is 54.3 Å². The van der Waals surface area contributed by atoms with Gasteiger partial charge in [0.2, 0.25) is 11.8 Å². The van der Waals surface area contributed by atoms with Crippen molar-refractivity contribution in [1.29, 1.82) is 0 Å². The fourth-order valence-electron chi connectivity index (χ4n) is 4.96. The van der Waals surface area contributed by atoms with Gasteiger partial charge in [-0.15, -0.1) is 11.8 Å². The predicted octanol–water partition coefficient (Wildman–Crippen LogP) is 5.77. The Labute approximate surface area is 246 Å². The number of nitrogens with zero attached hydrogens (tertiary/aromatic N) is 3. The molecule has 0 saturated heterocycles. The van der Waals surface area contributed by atoms with Crippen LogP contribution < -0.4 is 15.0 Å². The molecule has 0 saturated carbocycles. The van der Waals surface area contributed by atoms with Crippen LogP contribution in [0.25, 0.3) is 16.9 Å². The number of methoxy groups -OCH3 is 1. The van der Waals surface area contributed by atoms with Gasteiger partial charge >= 0.3 is 0 Å². The van der Waals surface area contributed by atoms with Crippen LogP contribution >= 0.6 is 11.8 Å². The lowest BCUT2D eigenvalue weighted by Gasteiger charge is -2.23. The number of benzene rings is 3. The van der Waals surface area contributed by atoms with Gasteiger partial charge in [0.15, 0.2) is 0 Å². The summed E-state index contributed by atoms with van der Waals surface area (Å²) >= 11 is 1.32. The molecule has 1 N–H and O–H groups in total. The van der Waals surface area contributed by atoms with E-state index in [9.17, 15) is 9.59 Å². The first kappa shape index (κ1) is 27.3. The Kier molecular flexibility index (Phi) is 7.78. The number of thioether (sulfide) groups is 1. The topological polar surface area (TPSA) is 89.6 Å². The molecular weight excluding hydrogens is 555 g/mol. The van der Waals surface area contributed by atoms with Gasteiger partial charge in [-0.1, -0.05) is 48.5 Å². The van der Waals surface area contributed by atoms with Crippen LogP contribution in [0.1, 0.15) is 22.1 Å². The van der Waals surface area contributed by atoms with E-state index in [1.807, 2.05) is 42.5 Å². The highest BCUT2D eigenvalue weighted by atomic mass is 32.2. The number of hydrogen-bond acceptors (Lipinski definition) is 6. The van der Waals surface area contributed by atoms with Crippen molar-refractivity contribution < 1.29 is 23.1 Å². The number of ether oxygens (including phenoxy) is 1. The first-order chi connectivity index (χ1) is 20.5. The van der Waals surface area contributed by atoms with E-state index in [0.717, 1.165) is 5.56 Å². The molecule has 3 aromatic carbocycles. The highest BCUT2D eigenvalue weighted by molar-refractivity contribution is 8.00. The monoisotopic (exact) mass is 582 g/mol. The summed E-state index contributed by atoms with van der Waals surface area (Å²) in [6.07, 6.45) is 1.53. The second-order valence-corrected chi connectivity index (χ2v) is 10.7. The highest BCUT2D eigenvalue weighted by Crippen LogP contribution is 2.49. The van der Waals surface area contributed by atoms with E-state index in [2.05, 4.69) is 5.32 Å². The predicted molar refractivity (Wildman–Crippen MR) is 159 cm³/mol. The molecule has 0 radical (unpaired) electrons. The summed E-state index contributed by atoms with van der Waals surface area (Å²) < 4.78 is 27.7. The molecule has 5 aromatic rings. The van der Waals surface area contributed by atoms with Crippen LogP contribution in [-0.2, 0) is 16.1 Å². The van der Waals surface area contributed by atoms with Crippen LogP contribution in [-0.4, -0.2) is 41.0 Å². The van der Waals surface area contributed by atoms with Crippen molar-refractivity contribution in [3.8, 4) is 22.7 Å². The van der Waals surface area contributed by atoms with Crippen molar-refractivity contribution in [1.82, 2.24) is 15.1 Å². The van der Waals surface area contributed by atoms with Gasteiger partial charge in [-0.2, -0.15) is 5.10 Å². The number of fused-ring (bicyclic) bond motifs is 1. The quantitative estimate of drug-likeness (QED) is 0.250. The SMILES string of the molecule is COc1ccc(-n2nc(-c3ccccc3)c3c2N(CC(=O)NCc2ccco2)C(=O)CS[C@@H]3c2ccccc2F)cc1. The average Bonchev–Trinajstić information content (AvgIpc) is 3.66. The second kappa shape index (κ2) is 12.0. The fourth-order valence-corrected chi connectivity index (χ4v) is 6.18. The minimum absolute atomic E-state index is 0.0377. The summed E-state index contributed by atoms with van der Waals surface area (Å²) in [5.41, 5.74) is 3.14. The van der Waals surface area contributed by atoms with E-state index < -0.39 is 5.25 Å². The molecule has 2 aromatic heterocycles. The fraction of sp³-hybridized carbons (Fsp3) is 0.156. The molecule has 42 heavy (non-hydrogen) atoms. The highest BCUT2D eigenvalue weighted by Gasteiger charge is 2.38. The Bertz CT molecular complexity index is 1700. The molecule has 2 amide bonds. The van der Waals surface area contributed by atoms with Crippen LogP contribution in [0, 0.1) is 5.82 Å². The number of hydrogen-bond donors (Lipinski definition) is 1. The molecule has 0 unspecified atom stereocenters. The van der Waals surface area contributed by atoms with E-state index >= 15 is 4.39 Å². The summed E-state index contributed by atoms with van der Waals surface area (Å²) in [5, 5.41) is 7.28. The third-order valence-electron chi connectivity index (χ3n) is 6.98. The maximum absolute atomic E-state index is 15.4. The van der Waals surface area contributed by atoms with Gasteiger partial charge in [0.05, 0.1) is 42.3 Å². The third-order valence-corrected chi connectivity index (χ3v) is 8.22. The minimum atomic E-state index is -0.566.